The van der Waals surface area contributed by atoms with Gasteiger partial charge in [-0.25, -0.2) is 0 Å². The molecular weight excluding hydrogens is 71.5 g/mol. The molecule has 0 aliphatic rings. The van der Waals surface area contributed by atoms with Gasteiger partial charge in [0.15, 0.2) is 0 Å². The quantitative estimate of drug-likeness (QED) is 0.448. The molecule has 0 atom stereocenters. The Morgan fingerprint density at radius 3 is 2.25 bits per heavy atom. The summed E-state index contributed by atoms with van der Waals surface area (Å²) in [4.78, 5) is 0. The molecule has 1 heteroatoms. The van der Waals surface area contributed by atoms with Crippen LogP contribution in [0, 0.1) is 5.88 Å². The van der Waals surface area contributed by atoms with Gasteiger partial charge in [0.1, 0.15) is 0 Å². The Morgan fingerprint density at radius 1 is 2.00 bits per heavy atom. The van der Waals surface area contributed by atoms with Gasteiger partial charge in [-0.05, 0) is 6.42 Å². The van der Waals surface area contributed by atoms with Crippen LogP contribution in [0.3, 0.4) is 0 Å². The third kappa shape index (κ3) is 2.29. The summed E-state index contributed by atoms with van der Waals surface area (Å²) in [6.45, 7) is 1.99. The highest BCUT2D eigenvalue weighted by Gasteiger charge is 1.60. The van der Waals surface area contributed by atoms with Crippen LogP contribution in [-0.2, 0) is 0 Å². The van der Waals surface area contributed by atoms with Crippen LogP contribution in [-0.4, -0.2) is 0 Å². The molecule has 0 N–H and O–H groups in total. The standard InChI is InChI=1S/C3H6Cl/c1-2-3-4/h3H,2H2,1H3. The van der Waals surface area contributed by atoms with E-state index in [2.05, 4.69) is 0 Å². The molecule has 0 rings (SSSR count). The molecule has 0 aliphatic carbocycles. The molecule has 0 heterocycles. The first-order valence-corrected chi connectivity index (χ1v) is 1.77. The summed E-state index contributed by atoms with van der Waals surface area (Å²) in [5.41, 5.74) is 0. The summed E-state index contributed by atoms with van der Waals surface area (Å²) in [5, 5.41) is 0. The third-order valence-corrected chi connectivity index (χ3v) is 0.463. The second-order valence-corrected chi connectivity index (χ2v) is 0.871. The van der Waals surface area contributed by atoms with E-state index in [1.807, 2.05) is 6.92 Å². The van der Waals surface area contributed by atoms with Gasteiger partial charge in [-0.3, -0.25) is 0 Å². The Balaban J connectivity index is 1.97. The van der Waals surface area contributed by atoms with E-state index in [0.717, 1.165) is 6.42 Å². The Hall–Kier alpha value is 0.290. The smallest absolute Gasteiger partial charge is 0.0497 e. The zero-order valence-electron chi connectivity index (χ0n) is 2.66. The zero-order valence-corrected chi connectivity index (χ0v) is 3.42. The minimum atomic E-state index is 0.960. The van der Waals surface area contributed by atoms with Gasteiger partial charge in [0.05, 0.1) is 0 Å². The van der Waals surface area contributed by atoms with Crippen LogP contribution in [0.5, 0.6) is 0 Å². The molecule has 0 aromatic carbocycles. The first-order chi connectivity index (χ1) is 1.91. The number of hydrogen-bond acceptors (Lipinski definition) is 0. The number of hydrogen-bond donors (Lipinski definition) is 0. The average molecular weight is 77.5 g/mol. The molecule has 0 saturated carbocycles. The van der Waals surface area contributed by atoms with Crippen molar-refractivity contribution in [2.75, 3.05) is 0 Å². The molecule has 0 spiro atoms. The van der Waals surface area contributed by atoms with Gasteiger partial charge >= 0.3 is 0 Å². The van der Waals surface area contributed by atoms with Gasteiger partial charge in [0.2, 0.25) is 0 Å². The summed E-state index contributed by atoms with van der Waals surface area (Å²) in [5.74, 6) is 1.60. The van der Waals surface area contributed by atoms with E-state index in [4.69, 9.17) is 11.6 Å². The second-order valence-electron chi connectivity index (χ2n) is 0.563. The maximum atomic E-state index is 5.06. The largest absolute Gasteiger partial charge is 0.121 e. The number of halogens is 1. The zero-order chi connectivity index (χ0) is 3.41. The SMILES string of the molecule is CC[CH]Cl. The molecule has 4 heavy (non-hydrogen) atoms. The molecular formula is C3H6Cl. The Morgan fingerprint density at radius 2 is 2.25 bits per heavy atom. The summed E-state index contributed by atoms with van der Waals surface area (Å²) in [6, 6.07) is 0. The highest BCUT2D eigenvalue weighted by Crippen LogP contribution is 1.85. The van der Waals surface area contributed by atoms with Crippen molar-refractivity contribution in [3.63, 3.8) is 0 Å². The van der Waals surface area contributed by atoms with Crippen molar-refractivity contribution in [3.05, 3.63) is 5.88 Å². The molecule has 0 unspecified atom stereocenters. The van der Waals surface area contributed by atoms with Crippen LogP contribution in [0.25, 0.3) is 0 Å². The average Bonchev–Trinajstić information content (AvgIpc) is 1.37. The Labute approximate surface area is 31.8 Å². The molecule has 0 amide bonds. The molecule has 0 aromatic rings. The van der Waals surface area contributed by atoms with E-state index < -0.39 is 0 Å². The molecule has 0 aromatic heterocycles. The molecule has 0 nitrogen and oxygen atoms in total. The Bertz CT molecular complexity index is 5.25. The highest BCUT2D eigenvalue weighted by molar-refractivity contribution is 6.22. The van der Waals surface area contributed by atoms with Crippen molar-refractivity contribution in [1.82, 2.24) is 0 Å². The van der Waals surface area contributed by atoms with Gasteiger partial charge in [-0.15, -0.1) is 11.6 Å². The fraction of sp³-hybridized carbons (Fsp3) is 0.667. The fourth-order valence-electron chi connectivity index (χ4n) is 0. The topological polar surface area (TPSA) is 0 Å². The van der Waals surface area contributed by atoms with E-state index >= 15 is 0 Å². The van der Waals surface area contributed by atoms with Crippen LogP contribution in [0.1, 0.15) is 13.3 Å². The monoisotopic (exact) mass is 77.0 g/mol. The van der Waals surface area contributed by atoms with Gasteiger partial charge in [0.25, 0.3) is 0 Å². The van der Waals surface area contributed by atoms with E-state index in [1.54, 1.807) is 5.88 Å². The van der Waals surface area contributed by atoms with E-state index in [9.17, 15) is 0 Å². The fourth-order valence-corrected chi connectivity index (χ4v) is 0. The van der Waals surface area contributed by atoms with E-state index in [1.165, 1.54) is 0 Å². The summed E-state index contributed by atoms with van der Waals surface area (Å²) >= 11 is 5.06. The second kappa shape index (κ2) is 3.29. The van der Waals surface area contributed by atoms with Crippen molar-refractivity contribution >= 4 is 11.6 Å². The van der Waals surface area contributed by atoms with Crippen LogP contribution in [0.2, 0.25) is 0 Å². The van der Waals surface area contributed by atoms with Gasteiger partial charge in [0, 0.05) is 5.88 Å². The minimum absolute atomic E-state index is 0.960. The summed E-state index contributed by atoms with van der Waals surface area (Å²) < 4.78 is 0. The predicted octanol–water partition coefficient (Wildman–Crippen LogP) is 1.80. The van der Waals surface area contributed by atoms with Crippen LogP contribution >= 0.6 is 11.6 Å². The molecule has 0 fully saturated rings. The lowest BCUT2D eigenvalue weighted by molar-refractivity contribution is 1.19. The normalized spacial score (nSPS) is 7.50. The third-order valence-electron chi connectivity index (χ3n) is 0.154. The lowest BCUT2D eigenvalue weighted by Crippen LogP contribution is -1.44. The van der Waals surface area contributed by atoms with Crippen molar-refractivity contribution in [1.29, 1.82) is 0 Å². The van der Waals surface area contributed by atoms with Crippen molar-refractivity contribution < 1.29 is 0 Å². The van der Waals surface area contributed by atoms with Crippen molar-refractivity contribution in [3.8, 4) is 0 Å². The maximum absolute atomic E-state index is 5.06. The Kier molecular flexibility index (Phi) is 3.53. The first kappa shape index (κ1) is 4.29. The molecule has 1 radical (unpaired) electrons. The summed E-state index contributed by atoms with van der Waals surface area (Å²) in [6.07, 6.45) is 0.960. The van der Waals surface area contributed by atoms with Crippen LogP contribution in [0.15, 0.2) is 0 Å². The van der Waals surface area contributed by atoms with E-state index in [0.29, 0.717) is 0 Å². The van der Waals surface area contributed by atoms with Crippen LogP contribution in [0.4, 0.5) is 0 Å². The lowest BCUT2D eigenvalue weighted by atomic mass is 10.6. The first-order valence-electron chi connectivity index (χ1n) is 1.33. The minimum Gasteiger partial charge on any atom is -0.121 e. The maximum Gasteiger partial charge on any atom is 0.0497 e. The highest BCUT2D eigenvalue weighted by atomic mass is 35.5. The molecule has 0 bridgehead atoms. The van der Waals surface area contributed by atoms with Crippen LogP contribution < -0.4 is 0 Å². The van der Waals surface area contributed by atoms with Gasteiger partial charge in [-0.2, -0.15) is 0 Å². The van der Waals surface area contributed by atoms with Crippen molar-refractivity contribution in [2.24, 2.45) is 0 Å². The number of rotatable bonds is 1. The van der Waals surface area contributed by atoms with Gasteiger partial charge in [-0.1, -0.05) is 6.92 Å². The summed E-state index contributed by atoms with van der Waals surface area (Å²) in [7, 11) is 0. The molecule has 0 saturated heterocycles. The molecule has 0 aliphatic heterocycles. The van der Waals surface area contributed by atoms with Crippen molar-refractivity contribution in [2.45, 2.75) is 13.3 Å². The van der Waals surface area contributed by atoms with E-state index in [-0.39, 0.29) is 0 Å². The predicted molar refractivity (Wildman–Crippen MR) is 20.4 cm³/mol. The lowest BCUT2D eigenvalue weighted by Gasteiger charge is -1.64. The molecule has 25 valence electrons. The van der Waals surface area contributed by atoms with Gasteiger partial charge < -0.3 is 0 Å².